The van der Waals surface area contributed by atoms with Crippen molar-refractivity contribution in [3.05, 3.63) is 59.7 Å². The molecule has 0 heterocycles. The molecule has 0 aliphatic heterocycles. The van der Waals surface area contributed by atoms with Crippen molar-refractivity contribution >= 4 is 22.7 Å². The molecule has 6 nitrogen and oxygen atoms in total. The summed E-state index contributed by atoms with van der Waals surface area (Å²) in [6, 6.07) is 11.4. The van der Waals surface area contributed by atoms with Crippen LogP contribution in [0.4, 0.5) is 0 Å². The summed E-state index contributed by atoms with van der Waals surface area (Å²) >= 11 is 0. The zero-order valence-corrected chi connectivity index (χ0v) is 35.2. The summed E-state index contributed by atoms with van der Waals surface area (Å²) in [7, 11) is -1.48. The molecule has 0 aliphatic carbocycles. The lowest BCUT2D eigenvalue weighted by molar-refractivity contribution is -0.929. The maximum absolute atomic E-state index is 12.2. The van der Waals surface area contributed by atoms with E-state index in [1.807, 2.05) is 0 Å². The van der Waals surface area contributed by atoms with E-state index < -0.39 is 22.7 Å². The van der Waals surface area contributed by atoms with Crippen LogP contribution in [0.5, 0.6) is 0 Å². The molecule has 0 bridgehead atoms. The Balaban J connectivity index is 0.000000593. The first-order valence-corrected chi connectivity index (χ1v) is 22.8. The van der Waals surface area contributed by atoms with Gasteiger partial charge in [-0.25, -0.2) is 13.8 Å². The summed E-state index contributed by atoms with van der Waals surface area (Å²) in [5.41, 5.74) is 0.235. The molecule has 2 rings (SSSR count). The van der Waals surface area contributed by atoms with Crippen LogP contribution < -0.4 is 0 Å². The van der Waals surface area contributed by atoms with Crippen molar-refractivity contribution in [2.45, 2.75) is 192 Å². The van der Waals surface area contributed by atoms with Crippen molar-refractivity contribution in [2.75, 3.05) is 26.2 Å². The summed E-state index contributed by atoms with van der Waals surface area (Å²) in [4.78, 5) is 22.4. The SMILES string of the molecule is CCCCCCCC[N+](CCCCCCCC)(CCCCCCCC)CCCCCCCC.O=C(O)c1ccc(S(=O)c2ccc(C(=O)O)cc2)cc1. The molecule has 53 heavy (non-hydrogen) atoms. The average Bonchev–Trinajstić information content (AvgIpc) is 3.17. The molecule has 2 N–H and O–H groups in total. The quantitative estimate of drug-likeness (QED) is 0.0573. The summed E-state index contributed by atoms with van der Waals surface area (Å²) in [5.74, 6) is -2.10. The van der Waals surface area contributed by atoms with Crippen molar-refractivity contribution < 1.29 is 28.5 Å². The standard InChI is InChI=1S/C32H68N.C14H10O5S/c1-5-9-13-17-21-25-29-33(30-26-22-18-14-10-6-2,31-27-23-19-15-11-7-3)32-28-24-20-16-12-8-4;15-13(16)9-1-5-11(6-2-9)20(19)12-7-3-10(4-8-12)14(17)18/h5-32H2,1-4H3;1-8H,(H,15,16)(H,17,18)/q+1;. The molecular weight excluding hydrogens is 679 g/mol. The highest BCUT2D eigenvalue weighted by molar-refractivity contribution is 7.85. The molecule has 302 valence electrons. The van der Waals surface area contributed by atoms with Gasteiger partial charge in [-0.15, -0.1) is 0 Å². The van der Waals surface area contributed by atoms with Crippen LogP contribution in [0.3, 0.4) is 0 Å². The summed E-state index contributed by atoms with van der Waals surface area (Å²) in [5, 5.41) is 17.6. The minimum absolute atomic E-state index is 0.118. The lowest BCUT2D eigenvalue weighted by atomic mass is 10.0. The summed E-state index contributed by atoms with van der Waals surface area (Å²) in [6.07, 6.45) is 34.8. The molecule has 2 aromatic rings. The molecule has 7 heteroatoms. The Morgan fingerprint density at radius 3 is 0.868 bits per heavy atom. The molecule has 0 fully saturated rings. The fourth-order valence-corrected chi connectivity index (χ4v) is 8.20. The van der Waals surface area contributed by atoms with Crippen molar-refractivity contribution in [1.29, 1.82) is 0 Å². The smallest absolute Gasteiger partial charge is 0.335 e. The van der Waals surface area contributed by atoms with E-state index in [1.54, 1.807) is 0 Å². The molecule has 0 aliphatic rings. The van der Waals surface area contributed by atoms with Crippen LogP contribution in [0.15, 0.2) is 58.3 Å². The van der Waals surface area contributed by atoms with Crippen LogP contribution in [0.2, 0.25) is 0 Å². The zero-order chi connectivity index (χ0) is 39.0. The monoisotopic (exact) mass is 757 g/mol. The van der Waals surface area contributed by atoms with Gasteiger partial charge in [0, 0.05) is 9.79 Å². The second-order valence-corrected chi connectivity index (χ2v) is 16.7. The molecule has 0 aromatic heterocycles. The Bertz CT molecular complexity index is 1080. The zero-order valence-electron chi connectivity index (χ0n) is 34.4. The number of unbranched alkanes of at least 4 members (excludes halogenated alkanes) is 20. The fourth-order valence-electron chi connectivity index (χ4n) is 7.16. The molecule has 0 saturated heterocycles. The summed E-state index contributed by atoms with van der Waals surface area (Å²) < 4.78 is 13.7. The van der Waals surface area contributed by atoms with E-state index in [-0.39, 0.29) is 11.1 Å². The van der Waals surface area contributed by atoms with Crippen molar-refractivity contribution in [2.24, 2.45) is 0 Å². The first-order chi connectivity index (χ1) is 25.7. The highest BCUT2D eigenvalue weighted by atomic mass is 32.2. The largest absolute Gasteiger partial charge is 0.478 e. The Kier molecular flexibility index (Phi) is 29.1. The van der Waals surface area contributed by atoms with Crippen LogP contribution in [-0.4, -0.2) is 57.0 Å². The van der Waals surface area contributed by atoms with Gasteiger partial charge < -0.3 is 14.7 Å². The molecule has 0 unspecified atom stereocenters. The Morgan fingerprint density at radius 2 is 0.642 bits per heavy atom. The van der Waals surface area contributed by atoms with E-state index >= 15 is 0 Å². The number of hydrogen-bond acceptors (Lipinski definition) is 3. The van der Waals surface area contributed by atoms with Crippen LogP contribution in [-0.2, 0) is 10.8 Å². The molecular formula is C46H78NO5S+. The van der Waals surface area contributed by atoms with Crippen LogP contribution >= 0.6 is 0 Å². The van der Waals surface area contributed by atoms with E-state index in [9.17, 15) is 13.8 Å². The van der Waals surface area contributed by atoms with Gasteiger partial charge in [0.25, 0.3) is 0 Å². The molecule has 0 amide bonds. The Labute approximate surface area is 327 Å². The van der Waals surface area contributed by atoms with Gasteiger partial charge in [0.15, 0.2) is 0 Å². The number of hydrogen-bond donors (Lipinski definition) is 2. The van der Waals surface area contributed by atoms with Gasteiger partial charge in [0.2, 0.25) is 0 Å². The maximum Gasteiger partial charge on any atom is 0.335 e. The van der Waals surface area contributed by atoms with E-state index in [2.05, 4.69) is 27.7 Å². The van der Waals surface area contributed by atoms with Gasteiger partial charge in [-0.3, -0.25) is 0 Å². The number of nitrogens with zero attached hydrogens (tertiary/aromatic N) is 1. The van der Waals surface area contributed by atoms with Crippen molar-refractivity contribution in [3.63, 3.8) is 0 Å². The van der Waals surface area contributed by atoms with E-state index in [4.69, 9.17) is 10.2 Å². The van der Waals surface area contributed by atoms with E-state index in [0.29, 0.717) is 9.79 Å². The summed E-state index contributed by atoms with van der Waals surface area (Å²) in [6.45, 7) is 15.3. The number of carboxylic acids is 2. The number of carbonyl (C=O) groups is 2. The minimum Gasteiger partial charge on any atom is -0.478 e. The third-order valence-corrected chi connectivity index (χ3v) is 12.0. The minimum atomic E-state index is -1.48. The van der Waals surface area contributed by atoms with Gasteiger partial charge in [0.05, 0.1) is 48.1 Å². The lowest BCUT2D eigenvalue weighted by Crippen LogP contribution is -2.50. The number of aromatic carboxylic acids is 2. The van der Waals surface area contributed by atoms with E-state index in [0.717, 1.165) is 0 Å². The molecule has 0 spiro atoms. The van der Waals surface area contributed by atoms with Gasteiger partial charge in [-0.05, 0) is 99.9 Å². The number of benzene rings is 2. The normalized spacial score (nSPS) is 11.4. The van der Waals surface area contributed by atoms with Gasteiger partial charge in [0.1, 0.15) is 0 Å². The average molecular weight is 757 g/mol. The Morgan fingerprint density at radius 1 is 0.415 bits per heavy atom. The van der Waals surface area contributed by atoms with E-state index in [1.165, 1.54) is 233 Å². The topological polar surface area (TPSA) is 91.7 Å². The number of rotatable bonds is 32. The number of quaternary nitrogens is 1. The molecule has 0 saturated carbocycles. The van der Waals surface area contributed by atoms with Gasteiger partial charge in [-0.1, -0.05) is 130 Å². The second kappa shape index (κ2) is 31.8. The second-order valence-electron chi connectivity index (χ2n) is 15.2. The Hall–Kier alpha value is -2.51. The predicted octanol–water partition coefficient (Wildman–Crippen LogP) is 13.5. The third kappa shape index (κ3) is 23.1. The lowest BCUT2D eigenvalue weighted by Gasteiger charge is -2.40. The van der Waals surface area contributed by atoms with Crippen molar-refractivity contribution in [1.82, 2.24) is 0 Å². The first-order valence-electron chi connectivity index (χ1n) is 21.7. The number of carboxylic acid groups (broad SMARTS) is 2. The van der Waals surface area contributed by atoms with Gasteiger partial charge >= 0.3 is 11.9 Å². The molecule has 0 atom stereocenters. The first kappa shape index (κ1) is 48.5. The molecule has 0 radical (unpaired) electrons. The van der Waals surface area contributed by atoms with Crippen LogP contribution in [0.1, 0.15) is 203 Å². The van der Waals surface area contributed by atoms with Gasteiger partial charge in [-0.2, -0.15) is 0 Å². The highest BCUT2D eigenvalue weighted by Gasteiger charge is 2.25. The highest BCUT2D eigenvalue weighted by Crippen LogP contribution is 2.21. The molecule has 2 aromatic carbocycles. The van der Waals surface area contributed by atoms with Crippen LogP contribution in [0.25, 0.3) is 0 Å². The predicted molar refractivity (Wildman–Crippen MR) is 225 cm³/mol. The maximum atomic E-state index is 12.2. The van der Waals surface area contributed by atoms with Crippen molar-refractivity contribution in [3.8, 4) is 0 Å². The van der Waals surface area contributed by atoms with Crippen LogP contribution in [0, 0.1) is 0 Å². The third-order valence-electron chi connectivity index (χ3n) is 10.6. The fraction of sp³-hybridized carbons (Fsp3) is 0.696.